The molecule has 0 spiro atoms. The van der Waals surface area contributed by atoms with Crippen molar-refractivity contribution in [3.05, 3.63) is 31.2 Å². The second-order valence-electron chi connectivity index (χ2n) is 2.53. The van der Waals surface area contributed by atoms with Gasteiger partial charge in [0.1, 0.15) is 0 Å². The molecule has 61 valence electrons. The molecule has 0 aliphatic heterocycles. The van der Waals surface area contributed by atoms with Crippen molar-refractivity contribution in [1.82, 2.24) is 9.97 Å². The number of imidazole rings is 1. The van der Waals surface area contributed by atoms with Crippen LogP contribution in [0.15, 0.2) is 24.3 Å². The molecule has 12 heavy (non-hydrogen) atoms. The van der Waals surface area contributed by atoms with Gasteiger partial charge in [-0.1, -0.05) is 12.1 Å². The lowest BCUT2D eigenvalue weighted by Crippen LogP contribution is -1.97. The Morgan fingerprint density at radius 2 is 2.25 bits per heavy atom. The first-order chi connectivity index (χ1) is 5.90. The topological polar surface area (TPSA) is 40.7 Å². The van der Waals surface area contributed by atoms with Crippen molar-refractivity contribution in [3.63, 3.8) is 0 Å². The summed E-state index contributed by atoms with van der Waals surface area (Å²) >= 11 is 0. The number of rotatable bonds is 2. The average Bonchev–Trinajstić information content (AvgIpc) is 2.47. The van der Waals surface area contributed by atoms with E-state index in [1.54, 1.807) is 0 Å². The molecule has 0 bridgehead atoms. The monoisotopic (exact) mass is 160 g/mol. The van der Waals surface area contributed by atoms with Gasteiger partial charge in [0.15, 0.2) is 0 Å². The molecule has 1 heterocycles. The van der Waals surface area contributed by atoms with E-state index >= 15 is 0 Å². The summed E-state index contributed by atoms with van der Waals surface area (Å²) in [6.07, 6.45) is 0. The van der Waals surface area contributed by atoms with E-state index in [4.69, 9.17) is 0 Å². The summed E-state index contributed by atoms with van der Waals surface area (Å²) in [6, 6.07) is 7.92. The Morgan fingerprint density at radius 3 is 3.00 bits per heavy atom. The molecule has 3 heteroatoms. The van der Waals surface area contributed by atoms with Crippen molar-refractivity contribution in [2.75, 3.05) is 11.9 Å². The average molecular weight is 160 g/mol. The van der Waals surface area contributed by atoms with E-state index in [2.05, 4.69) is 22.2 Å². The van der Waals surface area contributed by atoms with E-state index < -0.39 is 0 Å². The molecule has 2 aromatic rings. The van der Waals surface area contributed by atoms with E-state index in [0.29, 0.717) is 6.54 Å². The molecule has 0 fully saturated rings. The lowest BCUT2D eigenvalue weighted by Gasteiger charge is -1.93. The summed E-state index contributed by atoms with van der Waals surface area (Å²) < 4.78 is 0. The molecule has 0 saturated carbocycles. The third-order valence-electron chi connectivity index (χ3n) is 1.68. The Balaban J connectivity index is 2.47. The summed E-state index contributed by atoms with van der Waals surface area (Å²) in [5.41, 5.74) is 2.03. The molecule has 1 aromatic carbocycles. The summed E-state index contributed by atoms with van der Waals surface area (Å²) in [6.45, 7) is 4.32. The molecule has 0 aliphatic rings. The Labute approximate surface area is 70.8 Å². The van der Waals surface area contributed by atoms with Crippen LogP contribution in [0.5, 0.6) is 0 Å². The quantitative estimate of drug-likeness (QED) is 0.703. The Kier molecular flexibility index (Phi) is 1.70. The Morgan fingerprint density at radius 1 is 1.42 bits per heavy atom. The van der Waals surface area contributed by atoms with Crippen LogP contribution >= 0.6 is 0 Å². The van der Waals surface area contributed by atoms with Crippen LogP contribution in [0, 0.1) is 6.92 Å². The highest BCUT2D eigenvalue weighted by molar-refractivity contribution is 5.77. The molecule has 0 atom stereocenters. The van der Waals surface area contributed by atoms with Gasteiger partial charge >= 0.3 is 0 Å². The van der Waals surface area contributed by atoms with Crippen molar-refractivity contribution in [2.24, 2.45) is 0 Å². The smallest absolute Gasteiger partial charge is 0.201 e. The minimum absolute atomic E-state index is 0.639. The van der Waals surface area contributed by atoms with Gasteiger partial charge in [-0.15, -0.1) is 0 Å². The molecule has 0 saturated heterocycles. The number of fused-ring (bicyclic) bond motifs is 1. The Hall–Kier alpha value is -1.51. The van der Waals surface area contributed by atoms with Gasteiger partial charge in [0, 0.05) is 6.54 Å². The van der Waals surface area contributed by atoms with Crippen LogP contribution in [0.2, 0.25) is 0 Å². The third-order valence-corrected chi connectivity index (χ3v) is 1.68. The minimum atomic E-state index is 0.639. The van der Waals surface area contributed by atoms with E-state index in [9.17, 15) is 0 Å². The molecular weight excluding hydrogens is 150 g/mol. The van der Waals surface area contributed by atoms with Crippen molar-refractivity contribution in [1.29, 1.82) is 0 Å². The number of anilines is 1. The lowest BCUT2D eigenvalue weighted by atomic mass is 10.3. The molecule has 0 amide bonds. The number of hydrogen-bond donors (Lipinski definition) is 2. The molecule has 1 radical (unpaired) electrons. The summed E-state index contributed by atoms with van der Waals surface area (Å²) in [5, 5.41) is 3.02. The molecule has 0 unspecified atom stereocenters. The van der Waals surface area contributed by atoms with Crippen LogP contribution < -0.4 is 5.32 Å². The first-order valence-corrected chi connectivity index (χ1v) is 3.88. The lowest BCUT2D eigenvalue weighted by molar-refractivity contribution is 1.21. The maximum absolute atomic E-state index is 4.30. The second kappa shape index (κ2) is 2.85. The highest BCUT2D eigenvalue weighted by atomic mass is 15.1. The largest absolute Gasteiger partial charge is 0.356 e. The van der Waals surface area contributed by atoms with Gasteiger partial charge < -0.3 is 10.3 Å². The standard InChI is InChI=1S/C9H10N3/c1-2-10-9-11-7-5-3-4-6-8(7)12-9/h3-6H,1-2H2,(H2,10,11,12). The zero-order chi connectivity index (χ0) is 8.39. The predicted molar refractivity (Wildman–Crippen MR) is 49.9 cm³/mol. The SMILES string of the molecule is [CH2]CNc1nc2ccccc2[nH]1. The number of aromatic nitrogens is 2. The van der Waals surface area contributed by atoms with Gasteiger partial charge in [-0.2, -0.15) is 0 Å². The van der Waals surface area contributed by atoms with Crippen LogP contribution in [0.25, 0.3) is 11.0 Å². The molecular formula is C9H10N3. The molecule has 1 aromatic heterocycles. The fraction of sp³-hybridized carbons (Fsp3) is 0.111. The fourth-order valence-corrected chi connectivity index (χ4v) is 1.15. The number of aromatic amines is 1. The molecule has 2 N–H and O–H groups in total. The van der Waals surface area contributed by atoms with Crippen molar-refractivity contribution < 1.29 is 0 Å². The van der Waals surface area contributed by atoms with E-state index in [-0.39, 0.29) is 0 Å². The van der Waals surface area contributed by atoms with Crippen molar-refractivity contribution >= 4 is 17.0 Å². The summed E-state index contributed by atoms with van der Waals surface area (Å²) in [5.74, 6) is 0.784. The van der Waals surface area contributed by atoms with Crippen molar-refractivity contribution in [3.8, 4) is 0 Å². The molecule has 0 aliphatic carbocycles. The zero-order valence-corrected chi connectivity index (χ0v) is 6.67. The van der Waals surface area contributed by atoms with E-state index in [1.165, 1.54) is 0 Å². The third kappa shape index (κ3) is 1.13. The van der Waals surface area contributed by atoms with Crippen LogP contribution in [0.4, 0.5) is 5.95 Å². The van der Waals surface area contributed by atoms with Crippen LogP contribution in [-0.2, 0) is 0 Å². The van der Waals surface area contributed by atoms with E-state index in [1.807, 2.05) is 24.3 Å². The first kappa shape index (κ1) is 7.16. The minimum Gasteiger partial charge on any atom is -0.356 e. The van der Waals surface area contributed by atoms with E-state index in [0.717, 1.165) is 17.0 Å². The van der Waals surface area contributed by atoms with Gasteiger partial charge in [0.05, 0.1) is 11.0 Å². The van der Waals surface area contributed by atoms with Gasteiger partial charge in [0.2, 0.25) is 5.95 Å². The Bertz CT molecular complexity index is 345. The first-order valence-electron chi connectivity index (χ1n) is 3.88. The maximum Gasteiger partial charge on any atom is 0.201 e. The van der Waals surface area contributed by atoms with Crippen molar-refractivity contribution in [2.45, 2.75) is 0 Å². The highest BCUT2D eigenvalue weighted by Crippen LogP contribution is 2.12. The van der Waals surface area contributed by atoms with Gasteiger partial charge in [-0.05, 0) is 19.1 Å². The predicted octanol–water partition coefficient (Wildman–Crippen LogP) is 1.81. The second-order valence-corrected chi connectivity index (χ2v) is 2.53. The van der Waals surface area contributed by atoms with Gasteiger partial charge in [0.25, 0.3) is 0 Å². The van der Waals surface area contributed by atoms with Crippen LogP contribution in [0.3, 0.4) is 0 Å². The zero-order valence-electron chi connectivity index (χ0n) is 6.67. The summed E-state index contributed by atoms with van der Waals surface area (Å²) in [7, 11) is 0. The van der Waals surface area contributed by atoms with Crippen LogP contribution in [0.1, 0.15) is 0 Å². The van der Waals surface area contributed by atoms with Gasteiger partial charge in [-0.3, -0.25) is 0 Å². The molecule has 2 rings (SSSR count). The van der Waals surface area contributed by atoms with Crippen LogP contribution in [-0.4, -0.2) is 16.5 Å². The number of hydrogen-bond acceptors (Lipinski definition) is 2. The number of nitrogens with one attached hydrogen (secondary N) is 2. The number of nitrogens with zero attached hydrogens (tertiary/aromatic N) is 1. The normalized spacial score (nSPS) is 10.4. The maximum atomic E-state index is 4.30. The highest BCUT2D eigenvalue weighted by Gasteiger charge is 1.98. The van der Waals surface area contributed by atoms with Gasteiger partial charge in [-0.25, -0.2) is 4.98 Å². The number of para-hydroxylation sites is 2. The molecule has 3 nitrogen and oxygen atoms in total. The number of benzene rings is 1. The summed E-state index contributed by atoms with van der Waals surface area (Å²) in [4.78, 5) is 7.43. The number of H-pyrrole nitrogens is 1. The fourth-order valence-electron chi connectivity index (χ4n) is 1.15.